The Morgan fingerprint density at radius 3 is 2.24 bits per heavy atom. The SMILES string of the molecule is CCc1ccc(NC(=O)C2(C(=O)Nc3ccc(Cl)cc3C)CC2)cc1. The van der Waals surface area contributed by atoms with Crippen molar-refractivity contribution in [1.29, 1.82) is 0 Å². The molecule has 1 fully saturated rings. The topological polar surface area (TPSA) is 58.2 Å². The van der Waals surface area contributed by atoms with Crippen LogP contribution in [-0.4, -0.2) is 11.8 Å². The third-order valence-corrected chi connectivity index (χ3v) is 4.91. The molecule has 1 aliphatic carbocycles. The molecule has 2 amide bonds. The molecule has 2 N–H and O–H groups in total. The van der Waals surface area contributed by atoms with Crippen LogP contribution in [0.5, 0.6) is 0 Å². The van der Waals surface area contributed by atoms with E-state index in [1.165, 1.54) is 5.56 Å². The zero-order valence-corrected chi connectivity index (χ0v) is 15.1. The number of benzene rings is 2. The summed E-state index contributed by atoms with van der Waals surface area (Å²) in [4.78, 5) is 25.3. The number of hydrogen-bond donors (Lipinski definition) is 2. The first-order chi connectivity index (χ1) is 11.9. The summed E-state index contributed by atoms with van der Waals surface area (Å²) in [6, 6.07) is 13.0. The average molecular weight is 357 g/mol. The Balaban J connectivity index is 1.69. The Hall–Kier alpha value is -2.33. The lowest BCUT2D eigenvalue weighted by Gasteiger charge is -2.16. The Morgan fingerprint density at radius 1 is 1.04 bits per heavy atom. The number of anilines is 2. The van der Waals surface area contributed by atoms with Gasteiger partial charge in [-0.1, -0.05) is 30.7 Å². The minimum Gasteiger partial charge on any atom is -0.325 e. The van der Waals surface area contributed by atoms with Gasteiger partial charge in [0.25, 0.3) is 0 Å². The molecule has 0 heterocycles. The van der Waals surface area contributed by atoms with Gasteiger partial charge in [-0.2, -0.15) is 0 Å². The Kier molecular flexibility index (Phi) is 4.82. The molecule has 1 aliphatic rings. The number of halogens is 1. The Labute approximate surface area is 152 Å². The van der Waals surface area contributed by atoms with Crippen LogP contribution >= 0.6 is 11.6 Å². The predicted molar refractivity (Wildman–Crippen MR) is 101 cm³/mol. The summed E-state index contributed by atoms with van der Waals surface area (Å²) in [5, 5.41) is 6.35. The van der Waals surface area contributed by atoms with E-state index >= 15 is 0 Å². The van der Waals surface area contributed by atoms with Gasteiger partial charge in [0.05, 0.1) is 0 Å². The molecule has 0 atom stereocenters. The number of carbonyl (C=O) groups is 2. The number of hydrogen-bond acceptors (Lipinski definition) is 2. The van der Waals surface area contributed by atoms with E-state index in [2.05, 4.69) is 17.6 Å². The number of aryl methyl sites for hydroxylation is 2. The van der Waals surface area contributed by atoms with E-state index in [0.717, 1.165) is 12.0 Å². The van der Waals surface area contributed by atoms with Gasteiger partial charge < -0.3 is 10.6 Å². The third-order valence-electron chi connectivity index (χ3n) is 4.68. The van der Waals surface area contributed by atoms with Crippen molar-refractivity contribution in [3.05, 3.63) is 58.6 Å². The monoisotopic (exact) mass is 356 g/mol. The van der Waals surface area contributed by atoms with E-state index in [-0.39, 0.29) is 11.8 Å². The van der Waals surface area contributed by atoms with Crippen LogP contribution in [0.4, 0.5) is 11.4 Å². The van der Waals surface area contributed by atoms with Gasteiger partial charge in [-0.25, -0.2) is 0 Å². The van der Waals surface area contributed by atoms with Crippen molar-refractivity contribution >= 4 is 34.8 Å². The maximum atomic E-state index is 12.7. The highest BCUT2D eigenvalue weighted by atomic mass is 35.5. The first kappa shape index (κ1) is 17.5. The van der Waals surface area contributed by atoms with E-state index in [1.807, 2.05) is 31.2 Å². The molecular formula is C20H21ClN2O2. The van der Waals surface area contributed by atoms with Crippen molar-refractivity contribution in [2.45, 2.75) is 33.1 Å². The summed E-state index contributed by atoms with van der Waals surface area (Å²) in [7, 11) is 0. The van der Waals surface area contributed by atoms with Crippen LogP contribution in [0.2, 0.25) is 5.02 Å². The van der Waals surface area contributed by atoms with Gasteiger partial charge in [-0.05, 0) is 67.6 Å². The molecule has 2 aromatic carbocycles. The molecule has 3 rings (SSSR count). The molecule has 0 aliphatic heterocycles. The molecule has 0 unspecified atom stereocenters. The first-order valence-electron chi connectivity index (χ1n) is 8.42. The second-order valence-corrected chi connectivity index (χ2v) is 6.94. The molecule has 0 spiro atoms. The van der Waals surface area contributed by atoms with Crippen LogP contribution < -0.4 is 10.6 Å². The minimum atomic E-state index is -0.977. The summed E-state index contributed by atoms with van der Waals surface area (Å²) >= 11 is 5.94. The van der Waals surface area contributed by atoms with Crippen molar-refractivity contribution in [2.75, 3.05) is 10.6 Å². The van der Waals surface area contributed by atoms with Crippen LogP contribution in [-0.2, 0) is 16.0 Å². The quantitative estimate of drug-likeness (QED) is 0.771. The van der Waals surface area contributed by atoms with Crippen LogP contribution in [0, 0.1) is 12.3 Å². The predicted octanol–water partition coefficient (Wildman–Crippen LogP) is 4.57. The summed E-state index contributed by atoms with van der Waals surface area (Å²) in [6.45, 7) is 3.95. The lowest BCUT2D eigenvalue weighted by Crippen LogP contribution is -2.35. The zero-order valence-electron chi connectivity index (χ0n) is 14.4. The fraction of sp³-hybridized carbons (Fsp3) is 0.300. The summed E-state index contributed by atoms with van der Waals surface area (Å²) in [6.07, 6.45) is 2.07. The third kappa shape index (κ3) is 3.69. The molecule has 0 saturated heterocycles. The number of rotatable bonds is 5. The highest BCUT2D eigenvalue weighted by molar-refractivity contribution is 6.30. The van der Waals surface area contributed by atoms with Crippen molar-refractivity contribution in [3.63, 3.8) is 0 Å². The van der Waals surface area contributed by atoms with E-state index in [1.54, 1.807) is 18.2 Å². The number of carbonyl (C=O) groups excluding carboxylic acids is 2. The normalized spacial score (nSPS) is 14.7. The maximum absolute atomic E-state index is 12.7. The van der Waals surface area contributed by atoms with E-state index in [4.69, 9.17) is 11.6 Å². The van der Waals surface area contributed by atoms with Gasteiger partial charge in [-0.3, -0.25) is 9.59 Å². The number of nitrogens with one attached hydrogen (secondary N) is 2. The van der Waals surface area contributed by atoms with Gasteiger partial charge >= 0.3 is 0 Å². The molecule has 5 heteroatoms. The second kappa shape index (κ2) is 6.89. The molecule has 1 saturated carbocycles. The Morgan fingerprint density at radius 2 is 1.68 bits per heavy atom. The molecule has 25 heavy (non-hydrogen) atoms. The van der Waals surface area contributed by atoms with Crippen molar-refractivity contribution in [1.82, 2.24) is 0 Å². The first-order valence-corrected chi connectivity index (χ1v) is 8.80. The maximum Gasteiger partial charge on any atom is 0.240 e. The van der Waals surface area contributed by atoms with Crippen molar-refractivity contribution in [3.8, 4) is 0 Å². The lowest BCUT2D eigenvalue weighted by molar-refractivity contribution is -0.131. The van der Waals surface area contributed by atoms with Gasteiger partial charge in [0.1, 0.15) is 5.41 Å². The molecule has 4 nitrogen and oxygen atoms in total. The van der Waals surface area contributed by atoms with Crippen molar-refractivity contribution < 1.29 is 9.59 Å². The molecule has 0 radical (unpaired) electrons. The van der Waals surface area contributed by atoms with Gasteiger partial charge in [0, 0.05) is 16.4 Å². The lowest BCUT2D eigenvalue weighted by atomic mass is 10.0. The van der Waals surface area contributed by atoms with Gasteiger partial charge in [-0.15, -0.1) is 0 Å². The van der Waals surface area contributed by atoms with Crippen LogP contribution in [0.1, 0.15) is 30.9 Å². The van der Waals surface area contributed by atoms with Gasteiger partial charge in [0.2, 0.25) is 11.8 Å². The smallest absolute Gasteiger partial charge is 0.240 e. The van der Waals surface area contributed by atoms with Crippen LogP contribution in [0.15, 0.2) is 42.5 Å². The average Bonchev–Trinajstić information content (AvgIpc) is 3.40. The van der Waals surface area contributed by atoms with E-state index in [9.17, 15) is 9.59 Å². The summed E-state index contributed by atoms with van der Waals surface area (Å²) < 4.78 is 0. The summed E-state index contributed by atoms with van der Waals surface area (Å²) in [5.41, 5.74) is 2.49. The minimum absolute atomic E-state index is 0.249. The fourth-order valence-electron chi connectivity index (χ4n) is 2.77. The van der Waals surface area contributed by atoms with Crippen molar-refractivity contribution in [2.24, 2.45) is 5.41 Å². The molecule has 2 aromatic rings. The van der Waals surface area contributed by atoms with Crippen LogP contribution in [0.3, 0.4) is 0 Å². The number of amides is 2. The second-order valence-electron chi connectivity index (χ2n) is 6.50. The largest absolute Gasteiger partial charge is 0.325 e. The Bertz CT molecular complexity index is 811. The zero-order chi connectivity index (χ0) is 18.0. The van der Waals surface area contributed by atoms with Gasteiger partial charge in [0.15, 0.2) is 0 Å². The van der Waals surface area contributed by atoms with Crippen LogP contribution in [0.25, 0.3) is 0 Å². The summed E-state index contributed by atoms with van der Waals surface area (Å²) in [5.74, 6) is -0.513. The molecule has 130 valence electrons. The highest BCUT2D eigenvalue weighted by Crippen LogP contribution is 2.47. The van der Waals surface area contributed by atoms with E-state index in [0.29, 0.717) is 29.2 Å². The van der Waals surface area contributed by atoms with E-state index < -0.39 is 5.41 Å². The highest BCUT2D eigenvalue weighted by Gasteiger charge is 2.56. The molecular weight excluding hydrogens is 336 g/mol. The fourth-order valence-corrected chi connectivity index (χ4v) is 2.99. The molecule has 0 aromatic heterocycles. The molecule has 0 bridgehead atoms. The standard InChI is InChI=1S/C20H21ClN2O2/c1-3-14-4-7-16(8-5-14)22-18(24)20(10-11-20)19(25)23-17-9-6-15(21)12-13(17)2/h4-9,12H,3,10-11H2,1-2H3,(H,22,24)(H,23,25).